The normalized spacial score (nSPS) is 16.8. The number of hydrogen-bond donors (Lipinski definition) is 3. The Bertz CT molecular complexity index is 1400. The van der Waals surface area contributed by atoms with Gasteiger partial charge in [0.15, 0.2) is 0 Å². The lowest BCUT2D eigenvalue weighted by atomic mass is 9.85. The number of nitrogens with one attached hydrogen (secondary N) is 2. The monoisotopic (exact) mass is 521 g/mol. The van der Waals surface area contributed by atoms with Crippen LogP contribution in [0.1, 0.15) is 23.9 Å². The van der Waals surface area contributed by atoms with Crippen LogP contribution in [0.4, 0.5) is 22.0 Å². The molecule has 8 nitrogen and oxygen atoms in total. The van der Waals surface area contributed by atoms with Gasteiger partial charge in [-0.2, -0.15) is 32.7 Å². The number of aromatic nitrogens is 6. The van der Waals surface area contributed by atoms with Gasteiger partial charge in [0, 0.05) is 29.8 Å². The van der Waals surface area contributed by atoms with Crippen LogP contribution >= 0.6 is 0 Å². The van der Waals surface area contributed by atoms with Gasteiger partial charge >= 0.3 is 18.3 Å². The molecule has 1 aliphatic heterocycles. The van der Waals surface area contributed by atoms with Gasteiger partial charge in [0.2, 0.25) is 6.33 Å². The molecule has 0 saturated heterocycles. The zero-order valence-electron chi connectivity index (χ0n) is 19.7. The fourth-order valence-corrected chi connectivity index (χ4v) is 4.69. The molecule has 194 valence electrons. The Balaban J connectivity index is 1.45. The average Bonchev–Trinajstić information content (AvgIpc) is 3.52. The van der Waals surface area contributed by atoms with Crippen LogP contribution in [-0.4, -0.2) is 42.8 Å². The lowest BCUT2D eigenvalue weighted by Crippen LogP contribution is -2.61. The Kier molecular flexibility index (Phi) is 6.28. The van der Waals surface area contributed by atoms with Gasteiger partial charge in [-0.1, -0.05) is 12.1 Å². The van der Waals surface area contributed by atoms with Crippen LogP contribution in [0.3, 0.4) is 0 Å². The summed E-state index contributed by atoms with van der Waals surface area (Å²) in [5.41, 5.74) is -2.36. The summed E-state index contributed by atoms with van der Waals surface area (Å²) in [4.78, 5) is 10.3. The van der Waals surface area contributed by atoms with Crippen molar-refractivity contribution >= 4 is 0 Å². The van der Waals surface area contributed by atoms with Crippen LogP contribution in [0, 0.1) is 11.6 Å². The lowest BCUT2D eigenvalue weighted by Gasteiger charge is -2.40. The maximum absolute atomic E-state index is 14.9. The van der Waals surface area contributed by atoms with E-state index in [-0.39, 0.29) is 30.0 Å². The highest BCUT2D eigenvalue weighted by Crippen LogP contribution is 2.33. The van der Waals surface area contributed by atoms with Gasteiger partial charge in [-0.25, -0.2) is 8.78 Å². The number of nitrogens with zero attached hydrogens (tertiary/aromatic N) is 5. The lowest BCUT2D eigenvalue weighted by molar-refractivity contribution is -0.768. The van der Waals surface area contributed by atoms with E-state index in [0.29, 0.717) is 18.9 Å². The van der Waals surface area contributed by atoms with Crippen molar-refractivity contribution in [2.75, 3.05) is 6.54 Å². The highest BCUT2D eigenvalue weighted by Gasteiger charge is 2.46. The first-order valence-corrected chi connectivity index (χ1v) is 11.5. The fourth-order valence-electron chi connectivity index (χ4n) is 4.69. The van der Waals surface area contributed by atoms with E-state index in [4.69, 9.17) is 0 Å². The van der Waals surface area contributed by atoms with Crippen LogP contribution < -0.4 is 9.36 Å². The predicted octanol–water partition coefficient (Wildman–Crippen LogP) is 2.46. The van der Waals surface area contributed by atoms with E-state index in [0.717, 1.165) is 24.3 Å². The van der Waals surface area contributed by atoms with Crippen molar-refractivity contribution in [3.05, 3.63) is 83.7 Å². The van der Waals surface area contributed by atoms with Crippen LogP contribution in [0.25, 0.3) is 11.4 Å². The molecule has 13 heteroatoms. The van der Waals surface area contributed by atoms with E-state index in [1.165, 1.54) is 35.5 Å². The number of aliphatic hydroxyl groups is 1. The van der Waals surface area contributed by atoms with E-state index < -0.39 is 35.0 Å². The van der Waals surface area contributed by atoms with Crippen molar-refractivity contribution in [2.24, 2.45) is 0 Å². The largest absolute Gasteiger partial charge is 0.416 e. The number of fused-ring (bicyclic) bond motifs is 1. The number of rotatable bonds is 6. The molecule has 37 heavy (non-hydrogen) atoms. The third-order valence-corrected chi connectivity index (χ3v) is 6.76. The molecule has 2 aromatic carbocycles. The fraction of sp³-hybridized carbons (Fsp3) is 0.333. The van der Waals surface area contributed by atoms with Gasteiger partial charge in [-0.3, -0.25) is 4.90 Å². The van der Waals surface area contributed by atoms with Crippen LogP contribution in [0.15, 0.2) is 55.1 Å². The number of benzene rings is 2. The maximum Gasteiger partial charge on any atom is 0.416 e. The second-order valence-electron chi connectivity index (χ2n) is 9.06. The SMILES string of the molecule is C[C@@H](N1CC[n+]2[nH]c(-c3cccc(C(F)(F)F)c3)nc2C1)[C@](O)(C[n+]1cnc[nH]1)c1ccc(F)cc1F. The Morgan fingerprint density at radius 1 is 1.16 bits per heavy atom. The van der Waals surface area contributed by atoms with Crippen molar-refractivity contribution < 1.29 is 36.4 Å². The smallest absolute Gasteiger partial charge is 0.379 e. The van der Waals surface area contributed by atoms with Crippen molar-refractivity contribution in [1.29, 1.82) is 0 Å². The Morgan fingerprint density at radius 3 is 2.68 bits per heavy atom. The minimum absolute atomic E-state index is 0.0753. The number of halogens is 5. The highest BCUT2D eigenvalue weighted by atomic mass is 19.4. The highest BCUT2D eigenvalue weighted by molar-refractivity contribution is 5.55. The first-order chi connectivity index (χ1) is 17.5. The minimum Gasteiger partial charge on any atom is -0.379 e. The molecule has 0 bridgehead atoms. The zero-order chi connectivity index (χ0) is 26.4. The first kappa shape index (κ1) is 25.0. The molecule has 4 aromatic rings. The van der Waals surface area contributed by atoms with Gasteiger partial charge in [0.05, 0.1) is 5.56 Å². The van der Waals surface area contributed by atoms with E-state index in [1.807, 2.05) is 4.90 Å². The topological polar surface area (TPSA) is 88.6 Å². The summed E-state index contributed by atoms with van der Waals surface area (Å²) in [5, 5.41) is 17.7. The molecule has 0 spiro atoms. The summed E-state index contributed by atoms with van der Waals surface area (Å²) in [6.45, 7) is 2.71. The summed E-state index contributed by atoms with van der Waals surface area (Å²) in [5.74, 6) is -0.818. The molecule has 0 fully saturated rings. The van der Waals surface area contributed by atoms with Crippen molar-refractivity contribution in [1.82, 2.24) is 25.1 Å². The van der Waals surface area contributed by atoms with Gasteiger partial charge in [0.1, 0.15) is 36.9 Å². The molecular formula is C24H24F5N7O+2. The summed E-state index contributed by atoms with van der Waals surface area (Å²) >= 11 is 0. The molecule has 5 rings (SSSR count). The van der Waals surface area contributed by atoms with Gasteiger partial charge in [-0.15, -0.1) is 0 Å². The van der Waals surface area contributed by atoms with Gasteiger partial charge in [-0.05, 0) is 41.2 Å². The van der Waals surface area contributed by atoms with Crippen molar-refractivity contribution in [2.45, 2.75) is 44.4 Å². The zero-order valence-corrected chi connectivity index (χ0v) is 19.7. The molecule has 2 atom stereocenters. The van der Waals surface area contributed by atoms with Crippen LogP contribution in [0.2, 0.25) is 0 Å². The van der Waals surface area contributed by atoms with Gasteiger partial charge in [0.25, 0.3) is 5.82 Å². The molecule has 0 saturated carbocycles. The molecule has 3 N–H and O–H groups in total. The third kappa shape index (κ3) is 4.83. The molecule has 0 unspecified atom stereocenters. The number of hydrogen-bond acceptors (Lipinski definition) is 4. The molecule has 0 aliphatic carbocycles. The summed E-state index contributed by atoms with van der Waals surface area (Å²) in [6.07, 6.45) is -1.62. The Labute approximate surface area is 208 Å². The molecule has 3 heterocycles. The molecule has 2 aromatic heterocycles. The Morgan fingerprint density at radius 2 is 1.97 bits per heavy atom. The molecule has 0 amide bonds. The number of aromatic amines is 2. The number of alkyl halides is 3. The Hall–Kier alpha value is -3.71. The van der Waals surface area contributed by atoms with Crippen LogP contribution in [0.5, 0.6) is 0 Å². The predicted molar refractivity (Wildman–Crippen MR) is 118 cm³/mol. The summed E-state index contributed by atoms with van der Waals surface area (Å²) in [7, 11) is 0. The van der Waals surface area contributed by atoms with E-state index in [2.05, 4.69) is 20.2 Å². The molecule has 0 radical (unpaired) electrons. The van der Waals surface area contributed by atoms with E-state index >= 15 is 0 Å². The number of H-pyrrole nitrogens is 2. The minimum atomic E-state index is -4.48. The van der Waals surface area contributed by atoms with Gasteiger partial charge < -0.3 is 5.11 Å². The van der Waals surface area contributed by atoms with E-state index in [9.17, 15) is 27.1 Å². The summed E-state index contributed by atoms with van der Waals surface area (Å²) in [6, 6.07) is 7.25. The summed E-state index contributed by atoms with van der Waals surface area (Å²) < 4.78 is 71.3. The van der Waals surface area contributed by atoms with Crippen molar-refractivity contribution in [3.63, 3.8) is 0 Å². The average molecular weight is 521 g/mol. The maximum atomic E-state index is 14.9. The third-order valence-electron chi connectivity index (χ3n) is 6.76. The standard InChI is InChI=1S/C24H22F5N7O/c1-15(23(37,12-35-14-30-13-31-35)19-6-5-18(25)10-20(19)26)34-7-8-36-21(11-34)32-22(33-36)16-3-2-4-17(9-16)24(27,28)29/h2-6,9-10,13-15,37H,7-8,11-12H2,1H3/p+2/t15-,23-/m1/s1. The first-order valence-electron chi connectivity index (χ1n) is 11.5. The van der Waals surface area contributed by atoms with Crippen LogP contribution in [-0.2, 0) is 31.4 Å². The second-order valence-corrected chi connectivity index (χ2v) is 9.06. The molecular weight excluding hydrogens is 497 g/mol. The quantitative estimate of drug-likeness (QED) is 0.269. The molecule has 1 aliphatic rings. The second kappa shape index (κ2) is 9.30. The van der Waals surface area contributed by atoms with Crippen molar-refractivity contribution in [3.8, 4) is 11.4 Å². The van der Waals surface area contributed by atoms with E-state index in [1.54, 1.807) is 11.6 Å².